The van der Waals surface area contributed by atoms with E-state index >= 15 is 0 Å². The first-order chi connectivity index (χ1) is 14.2. The van der Waals surface area contributed by atoms with Crippen molar-refractivity contribution in [3.63, 3.8) is 0 Å². The molecule has 31 heavy (non-hydrogen) atoms. The van der Waals surface area contributed by atoms with Crippen LogP contribution in [-0.4, -0.2) is 44.0 Å². The highest BCUT2D eigenvalue weighted by molar-refractivity contribution is 5.85. The second kappa shape index (κ2) is 10.2. The minimum atomic E-state index is -4.35. The molecule has 0 aliphatic rings. The highest BCUT2D eigenvalue weighted by Gasteiger charge is 2.29. The van der Waals surface area contributed by atoms with Gasteiger partial charge in [-0.3, -0.25) is 0 Å². The number of hydrogen-bond donors (Lipinski definition) is 3. The summed E-state index contributed by atoms with van der Waals surface area (Å²) in [6.45, 7) is -0.267. The number of nitrogens with two attached hydrogens (primary N) is 1. The van der Waals surface area contributed by atoms with Gasteiger partial charge in [-0.15, -0.1) is 17.5 Å². The molecule has 0 aliphatic carbocycles. The molecule has 3 aromatic rings. The van der Waals surface area contributed by atoms with Gasteiger partial charge >= 0.3 is 6.18 Å². The Balaban J connectivity index is 0.00000341. The summed E-state index contributed by atoms with van der Waals surface area (Å²) in [6, 6.07) is 12.6. The van der Waals surface area contributed by atoms with Gasteiger partial charge in [0, 0.05) is 5.56 Å². The van der Waals surface area contributed by atoms with Crippen molar-refractivity contribution >= 4 is 12.4 Å². The van der Waals surface area contributed by atoms with Crippen molar-refractivity contribution < 1.29 is 23.4 Å². The van der Waals surface area contributed by atoms with Crippen LogP contribution in [0, 0.1) is 0 Å². The van der Waals surface area contributed by atoms with E-state index in [4.69, 9.17) is 5.73 Å². The zero-order valence-corrected chi connectivity index (χ0v) is 17.4. The van der Waals surface area contributed by atoms with Crippen molar-refractivity contribution in [3.05, 3.63) is 71.4 Å². The van der Waals surface area contributed by atoms with E-state index in [9.17, 15) is 23.4 Å². The second-order valence-corrected chi connectivity index (χ2v) is 7.37. The molecule has 3 rings (SSSR count). The number of aromatic nitrogens is 3. The van der Waals surface area contributed by atoms with Crippen molar-refractivity contribution in [1.82, 2.24) is 15.0 Å². The summed E-state index contributed by atoms with van der Waals surface area (Å²) in [7, 11) is 0. The van der Waals surface area contributed by atoms with Gasteiger partial charge < -0.3 is 15.9 Å². The van der Waals surface area contributed by atoms with Crippen LogP contribution in [0.3, 0.4) is 0 Å². The highest BCUT2D eigenvalue weighted by atomic mass is 35.5. The number of aryl methyl sites for hydroxylation is 1. The standard InChI is InChI=1S/C21H23F3N4O2.ClH/c22-21(23,24)18-7-3-16(4-8-18)11-28-12-19(26-27-28)17-5-1-15(2-6-17)9-10-20(25,13-29)14-30;/h1-8,12,29-30H,9-11,13-14,25H2;1H. The summed E-state index contributed by atoms with van der Waals surface area (Å²) in [5.41, 5.74) is 7.39. The molecule has 168 valence electrons. The Hall–Kier alpha value is -2.46. The lowest BCUT2D eigenvalue weighted by molar-refractivity contribution is -0.137. The van der Waals surface area contributed by atoms with Gasteiger partial charge in [-0.2, -0.15) is 13.2 Å². The molecule has 0 fully saturated rings. The molecular weight excluding hydrogens is 433 g/mol. The first-order valence-corrected chi connectivity index (χ1v) is 9.39. The summed E-state index contributed by atoms with van der Waals surface area (Å²) < 4.78 is 39.5. The van der Waals surface area contributed by atoms with Crippen LogP contribution in [0.1, 0.15) is 23.1 Å². The third-order valence-corrected chi connectivity index (χ3v) is 4.96. The number of aliphatic hydroxyl groups excluding tert-OH is 2. The number of benzene rings is 2. The summed E-state index contributed by atoms with van der Waals surface area (Å²) in [6.07, 6.45) is -1.57. The Bertz CT molecular complexity index is 956. The molecule has 0 atom stereocenters. The number of aliphatic hydroxyl groups is 2. The molecule has 4 N–H and O–H groups in total. The molecule has 0 aliphatic heterocycles. The molecule has 0 saturated heterocycles. The summed E-state index contributed by atoms with van der Waals surface area (Å²) >= 11 is 0. The molecule has 0 amide bonds. The normalized spacial score (nSPS) is 11.9. The zero-order chi connectivity index (χ0) is 21.8. The van der Waals surface area contributed by atoms with E-state index in [1.165, 1.54) is 12.1 Å². The van der Waals surface area contributed by atoms with Crippen LogP contribution in [0.25, 0.3) is 11.3 Å². The van der Waals surface area contributed by atoms with Crippen LogP contribution in [0.15, 0.2) is 54.7 Å². The van der Waals surface area contributed by atoms with E-state index in [-0.39, 0.29) is 25.6 Å². The first-order valence-electron chi connectivity index (χ1n) is 9.39. The Morgan fingerprint density at radius 2 is 1.48 bits per heavy atom. The summed E-state index contributed by atoms with van der Waals surface area (Å²) in [5.74, 6) is 0. The maximum Gasteiger partial charge on any atom is 0.416 e. The van der Waals surface area contributed by atoms with Crippen LogP contribution in [-0.2, 0) is 19.1 Å². The number of halogens is 4. The molecule has 0 saturated carbocycles. The lowest BCUT2D eigenvalue weighted by atomic mass is 9.93. The fraction of sp³-hybridized carbons (Fsp3) is 0.333. The number of alkyl halides is 3. The van der Waals surface area contributed by atoms with Gasteiger partial charge in [-0.1, -0.05) is 41.6 Å². The molecular formula is C21H24ClF3N4O2. The van der Waals surface area contributed by atoms with Gasteiger partial charge in [0.05, 0.1) is 37.1 Å². The third kappa shape index (κ3) is 6.51. The average molecular weight is 457 g/mol. The van der Waals surface area contributed by atoms with Crippen molar-refractivity contribution in [3.8, 4) is 11.3 Å². The van der Waals surface area contributed by atoms with Crippen LogP contribution < -0.4 is 5.73 Å². The summed E-state index contributed by atoms with van der Waals surface area (Å²) in [4.78, 5) is 0. The highest BCUT2D eigenvalue weighted by Crippen LogP contribution is 2.29. The van der Waals surface area contributed by atoms with E-state index in [1.54, 1.807) is 10.9 Å². The number of nitrogens with zero attached hydrogens (tertiary/aromatic N) is 3. The monoisotopic (exact) mass is 456 g/mol. The van der Waals surface area contributed by atoms with Crippen LogP contribution in [0.5, 0.6) is 0 Å². The quantitative estimate of drug-likeness (QED) is 0.484. The fourth-order valence-electron chi connectivity index (χ4n) is 2.94. The minimum absolute atomic E-state index is 0. The molecule has 0 unspecified atom stereocenters. The molecule has 6 nitrogen and oxygen atoms in total. The zero-order valence-electron chi connectivity index (χ0n) is 16.6. The van der Waals surface area contributed by atoms with Crippen LogP contribution in [0.2, 0.25) is 0 Å². The molecule has 1 aromatic heterocycles. The Labute approximate surface area is 183 Å². The Morgan fingerprint density at radius 3 is 2.03 bits per heavy atom. The largest absolute Gasteiger partial charge is 0.416 e. The van der Waals surface area contributed by atoms with Gasteiger partial charge in [0.25, 0.3) is 0 Å². The van der Waals surface area contributed by atoms with E-state index in [2.05, 4.69) is 10.3 Å². The first kappa shape index (κ1) is 24.8. The maximum absolute atomic E-state index is 12.7. The Kier molecular flexibility index (Phi) is 8.19. The van der Waals surface area contributed by atoms with E-state index in [0.29, 0.717) is 30.6 Å². The number of rotatable bonds is 8. The van der Waals surface area contributed by atoms with Crippen LogP contribution >= 0.6 is 12.4 Å². The van der Waals surface area contributed by atoms with E-state index in [1.807, 2.05) is 24.3 Å². The van der Waals surface area contributed by atoms with Gasteiger partial charge in [0.2, 0.25) is 0 Å². The van der Waals surface area contributed by atoms with E-state index < -0.39 is 17.3 Å². The molecule has 0 bridgehead atoms. The SMILES string of the molecule is Cl.NC(CO)(CO)CCc1ccc(-c2cn(Cc3ccc(C(F)(F)F)cc3)nn2)cc1. The van der Waals surface area contributed by atoms with Gasteiger partial charge in [-0.05, 0) is 36.1 Å². The number of hydrogen-bond acceptors (Lipinski definition) is 5. The minimum Gasteiger partial charge on any atom is -0.394 e. The Morgan fingerprint density at radius 1 is 0.903 bits per heavy atom. The maximum atomic E-state index is 12.7. The summed E-state index contributed by atoms with van der Waals surface area (Å²) in [5, 5.41) is 26.7. The molecule has 0 radical (unpaired) electrons. The van der Waals surface area contributed by atoms with Gasteiger partial charge in [0.15, 0.2) is 0 Å². The van der Waals surface area contributed by atoms with Crippen molar-refractivity contribution in [1.29, 1.82) is 0 Å². The third-order valence-electron chi connectivity index (χ3n) is 4.96. The smallest absolute Gasteiger partial charge is 0.394 e. The topological polar surface area (TPSA) is 97.2 Å². The fourth-order valence-corrected chi connectivity index (χ4v) is 2.94. The van der Waals surface area contributed by atoms with E-state index in [0.717, 1.165) is 23.3 Å². The van der Waals surface area contributed by atoms with Crippen molar-refractivity contribution in [2.75, 3.05) is 13.2 Å². The lowest BCUT2D eigenvalue weighted by Crippen LogP contribution is -2.47. The molecule has 2 aromatic carbocycles. The van der Waals surface area contributed by atoms with Crippen molar-refractivity contribution in [2.24, 2.45) is 5.73 Å². The van der Waals surface area contributed by atoms with Crippen LogP contribution in [0.4, 0.5) is 13.2 Å². The molecule has 1 heterocycles. The van der Waals surface area contributed by atoms with Crippen molar-refractivity contribution in [2.45, 2.75) is 31.1 Å². The predicted molar refractivity (Wildman–Crippen MR) is 113 cm³/mol. The molecule has 0 spiro atoms. The van der Waals surface area contributed by atoms with Gasteiger partial charge in [-0.25, -0.2) is 4.68 Å². The molecule has 10 heteroatoms. The second-order valence-electron chi connectivity index (χ2n) is 7.37. The average Bonchev–Trinajstić information content (AvgIpc) is 3.20. The van der Waals surface area contributed by atoms with Gasteiger partial charge in [0.1, 0.15) is 5.69 Å². The predicted octanol–water partition coefficient (Wildman–Crippen LogP) is 3.05. The lowest BCUT2D eigenvalue weighted by Gasteiger charge is -2.24.